The fraction of sp³-hybridized carbons (Fsp3) is 0.263. The lowest BCUT2D eigenvalue weighted by molar-refractivity contribution is -0.139. The number of carbonyl (C=O) groups excluding carboxylic acids is 1. The first-order valence-electron chi connectivity index (χ1n) is 7.91. The van der Waals surface area contributed by atoms with Gasteiger partial charge in [0.1, 0.15) is 11.8 Å². The van der Waals surface area contributed by atoms with Crippen LogP contribution in [0, 0.1) is 0 Å². The molecule has 25 heavy (non-hydrogen) atoms. The van der Waals surface area contributed by atoms with Gasteiger partial charge in [-0.2, -0.15) is 0 Å². The lowest BCUT2D eigenvalue weighted by Crippen LogP contribution is -2.42. The molecule has 2 rings (SSSR count). The van der Waals surface area contributed by atoms with Crippen molar-refractivity contribution in [3.63, 3.8) is 0 Å². The fourth-order valence-corrected chi connectivity index (χ4v) is 2.29. The summed E-state index contributed by atoms with van der Waals surface area (Å²) in [5.74, 6) is -0.431. The summed E-state index contributed by atoms with van der Waals surface area (Å²) in [6.45, 7) is 0.185. The molecule has 1 atom stereocenters. The van der Waals surface area contributed by atoms with E-state index in [0.717, 1.165) is 11.1 Å². The smallest absolute Gasteiger partial charge is 0.407 e. The van der Waals surface area contributed by atoms with Crippen molar-refractivity contribution < 1.29 is 24.2 Å². The van der Waals surface area contributed by atoms with Gasteiger partial charge in [0, 0.05) is 12.8 Å². The molecule has 0 radical (unpaired) electrons. The molecule has 0 aromatic heterocycles. The molecule has 2 aromatic rings. The third kappa shape index (κ3) is 6.18. The number of carbonyl (C=O) groups is 2. The van der Waals surface area contributed by atoms with Gasteiger partial charge < -0.3 is 19.9 Å². The molecule has 2 N–H and O–H groups in total. The van der Waals surface area contributed by atoms with Crippen molar-refractivity contribution in [2.24, 2.45) is 0 Å². The van der Waals surface area contributed by atoms with E-state index in [1.165, 1.54) is 0 Å². The highest BCUT2D eigenvalue weighted by Crippen LogP contribution is 2.13. The predicted octanol–water partition coefficient (Wildman–Crippen LogP) is 2.66. The zero-order chi connectivity index (χ0) is 18.1. The molecule has 2 aromatic carbocycles. The number of hydrogen-bond donors (Lipinski definition) is 2. The van der Waals surface area contributed by atoms with E-state index in [0.29, 0.717) is 12.2 Å². The number of aliphatic carboxylic acids is 1. The van der Waals surface area contributed by atoms with Gasteiger partial charge in [0.15, 0.2) is 0 Å². The highest BCUT2D eigenvalue weighted by atomic mass is 16.5. The normalized spacial score (nSPS) is 11.4. The molecule has 1 amide bonds. The molecular formula is C19H21NO5. The highest BCUT2D eigenvalue weighted by Gasteiger charge is 2.21. The molecule has 6 heteroatoms. The second kappa shape index (κ2) is 9.32. The van der Waals surface area contributed by atoms with Crippen molar-refractivity contribution in [2.45, 2.75) is 18.9 Å². The van der Waals surface area contributed by atoms with Crippen LogP contribution < -0.4 is 10.1 Å². The molecular weight excluding hydrogens is 322 g/mol. The van der Waals surface area contributed by atoms with E-state index in [4.69, 9.17) is 9.47 Å². The zero-order valence-corrected chi connectivity index (χ0v) is 14.0. The van der Waals surface area contributed by atoms with Crippen LogP contribution in [0.25, 0.3) is 0 Å². The maximum atomic E-state index is 11.8. The predicted molar refractivity (Wildman–Crippen MR) is 92.8 cm³/mol. The molecule has 0 spiro atoms. The summed E-state index contributed by atoms with van der Waals surface area (Å²) in [5.41, 5.74) is 1.82. The SMILES string of the molecule is COc1ccc(CC(NC(=O)OCCc2ccccc2)C(=O)O)cc1. The number of methoxy groups -OCH3 is 1. The third-order valence-corrected chi connectivity index (χ3v) is 3.66. The quantitative estimate of drug-likeness (QED) is 0.770. The maximum absolute atomic E-state index is 11.8. The van der Waals surface area contributed by atoms with Crippen LogP contribution in [-0.4, -0.2) is 36.9 Å². The number of benzene rings is 2. The van der Waals surface area contributed by atoms with E-state index in [9.17, 15) is 14.7 Å². The van der Waals surface area contributed by atoms with Gasteiger partial charge in [-0.1, -0.05) is 42.5 Å². The van der Waals surface area contributed by atoms with Crippen molar-refractivity contribution in [1.82, 2.24) is 5.32 Å². The molecule has 0 aliphatic carbocycles. The Balaban J connectivity index is 1.83. The average Bonchev–Trinajstić information content (AvgIpc) is 2.62. The molecule has 0 saturated carbocycles. The second-order valence-corrected chi connectivity index (χ2v) is 5.46. The Morgan fingerprint density at radius 1 is 1.04 bits per heavy atom. The summed E-state index contributed by atoms with van der Waals surface area (Å²) in [6.07, 6.45) is -0.00531. The monoisotopic (exact) mass is 343 g/mol. The van der Waals surface area contributed by atoms with Crippen LogP contribution in [0.2, 0.25) is 0 Å². The van der Waals surface area contributed by atoms with Crippen LogP contribution in [0.15, 0.2) is 54.6 Å². The number of hydrogen-bond acceptors (Lipinski definition) is 4. The van der Waals surface area contributed by atoms with Crippen molar-refractivity contribution in [1.29, 1.82) is 0 Å². The van der Waals surface area contributed by atoms with Crippen LogP contribution in [-0.2, 0) is 22.4 Å². The Labute approximate surface area is 146 Å². The third-order valence-electron chi connectivity index (χ3n) is 3.66. The Bertz CT molecular complexity index is 685. The van der Waals surface area contributed by atoms with Crippen molar-refractivity contribution in [3.05, 3.63) is 65.7 Å². The standard InChI is InChI=1S/C19H21NO5/c1-24-16-9-7-15(8-10-16)13-17(18(21)22)20-19(23)25-12-11-14-5-3-2-4-6-14/h2-10,17H,11-13H2,1H3,(H,20,23)(H,21,22). The van der Waals surface area contributed by atoms with Crippen LogP contribution >= 0.6 is 0 Å². The molecule has 132 valence electrons. The van der Waals surface area contributed by atoms with Gasteiger partial charge in [0.25, 0.3) is 0 Å². The topological polar surface area (TPSA) is 84.9 Å². The van der Waals surface area contributed by atoms with E-state index in [-0.39, 0.29) is 13.0 Å². The highest BCUT2D eigenvalue weighted by molar-refractivity contribution is 5.80. The first-order chi connectivity index (χ1) is 12.1. The van der Waals surface area contributed by atoms with Gasteiger partial charge in [0.2, 0.25) is 0 Å². The number of ether oxygens (including phenoxy) is 2. The minimum Gasteiger partial charge on any atom is -0.497 e. The fourth-order valence-electron chi connectivity index (χ4n) is 2.29. The Morgan fingerprint density at radius 2 is 1.72 bits per heavy atom. The van der Waals surface area contributed by atoms with Gasteiger partial charge in [-0.3, -0.25) is 0 Å². The van der Waals surface area contributed by atoms with Crippen molar-refractivity contribution >= 4 is 12.1 Å². The number of nitrogens with one attached hydrogen (secondary N) is 1. The van der Waals surface area contributed by atoms with Gasteiger partial charge in [-0.15, -0.1) is 0 Å². The van der Waals surface area contributed by atoms with Gasteiger partial charge in [-0.25, -0.2) is 9.59 Å². The minimum atomic E-state index is -1.11. The second-order valence-electron chi connectivity index (χ2n) is 5.46. The molecule has 0 aliphatic heterocycles. The summed E-state index contributed by atoms with van der Waals surface area (Å²) in [4.78, 5) is 23.2. The van der Waals surface area contributed by atoms with E-state index < -0.39 is 18.1 Å². The first-order valence-corrected chi connectivity index (χ1v) is 7.91. The number of carboxylic acid groups (broad SMARTS) is 1. The van der Waals surface area contributed by atoms with E-state index in [1.807, 2.05) is 30.3 Å². The summed E-state index contributed by atoms with van der Waals surface area (Å²) >= 11 is 0. The molecule has 0 saturated heterocycles. The summed E-state index contributed by atoms with van der Waals surface area (Å²) < 4.78 is 10.1. The Kier molecular flexibility index (Phi) is 6.83. The molecule has 0 heterocycles. The van der Waals surface area contributed by atoms with Crippen LogP contribution in [0.5, 0.6) is 5.75 Å². The number of alkyl carbamates (subject to hydrolysis) is 1. The lowest BCUT2D eigenvalue weighted by Gasteiger charge is -2.15. The zero-order valence-electron chi connectivity index (χ0n) is 14.0. The number of carboxylic acids is 1. The first kappa shape index (κ1) is 18.3. The summed E-state index contributed by atoms with van der Waals surface area (Å²) in [5, 5.41) is 11.7. The molecule has 6 nitrogen and oxygen atoms in total. The molecule has 0 bridgehead atoms. The van der Waals surface area contributed by atoms with Crippen molar-refractivity contribution in [2.75, 3.05) is 13.7 Å². The van der Waals surface area contributed by atoms with Crippen LogP contribution in [0.4, 0.5) is 4.79 Å². The van der Waals surface area contributed by atoms with Gasteiger partial charge in [0.05, 0.1) is 13.7 Å². The summed E-state index contributed by atoms with van der Waals surface area (Å²) in [6, 6.07) is 15.5. The van der Waals surface area contributed by atoms with Gasteiger partial charge >= 0.3 is 12.1 Å². The molecule has 0 aliphatic rings. The largest absolute Gasteiger partial charge is 0.497 e. The summed E-state index contributed by atoms with van der Waals surface area (Å²) in [7, 11) is 1.56. The van der Waals surface area contributed by atoms with Crippen LogP contribution in [0.3, 0.4) is 0 Å². The van der Waals surface area contributed by atoms with Crippen molar-refractivity contribution in [3.8, 4) is 5.75 Å². The number of amides is 1. The average molecular weight is 343 g/mol. The molecule has 0 fully saturated rings. The van der Waals surface area contributed by atoms with E-state index in [2.05, 4.69) is 5.32 Å². The van der Waals surface area contributed by atoms with E-state index in [1.54, 1.807) is 31.4 Å². The molecule has 1 unspecified atom stereocenters. The minimum absolute atomic E-state index is 0.160. The van der Waals surface area contributed by atoms with Crippen LogP contribution in [0.1, 0.15) is 11.1 Å². The lowest BCUT2D eigenvalue weighted by atomic mass is 10.1. The Morgan fingerprint density at radius 3 is 2.32 bits per heavy atom. The van der Waals surface area contributed by atoms with Gasteiger partial charge in [-0.05, 0) is 23.3 Å². The Hall–Kier alpha value is -3.02. The number of rotatable bonds is 8. The van der Waals surface area contributed by atoms with E-state index >= 15 is 0 Å². The maximum Gasteiger partial charge on any atom is 0.407 e.